The van der Waals surface area contributed by atoms with Crippen LogP contribution in [-0.4, -0.2) is 66.5 Å². The third kappa shape index (κ3) is 59.3. The Labute approximate surface area is 490 Å². The van der Waals surface area contributed by atoms with Gasteiger partial charge >= 0.3 is 25.7 Å². The smallest absolute Gasteiger partial charge is 0.462 e. The molecule has 12 heteroatoms. The highest BCUT2D eigenvalue weighted by atomic mass is 31.2. The predicted molar refractivity (Wildman–Crippen MR) is 334 cm³/mol. The number of phosphoric ester groups is 1. The molecule has 0 rings (SSSR count). The van der Waals surface area contributed by atoms with Gasteiger partial charge in [-0.25, -0.2) is 4.57 Å². The first kappa shape index (κ1) is 76.7. The first-order chi connectivity index (χ1) is 39.2. The van der Waals surface area contributed by atoms with Gasteiger partial charge in [-0.3, -0.25) is 23.4 Å². The van der Waals surface area contributed by atoms with Crippen LogP contribution in [0.25, 0.3) is 0 Å². The fourth-order valence-electron chi connectivity index (χ4n) is 8.85. The third-order valence-electron chi connectivity index (χ3n) is 13.8. The zero-order chi connectivity index (χ0) is 58.3. The van der Waals surface area contributed by atoms with Gasteiger partial charge in [-0.2, -0.15) is 0 Å². The number of ether oxygens (including phenoxy) is 3. The van der Waals surface area contributed by atoms with Gasteiger partial charge in [-0.1, -0.05) is 247 Å². The van der Waals surface area contributed by atoms with E-state index in [0.29, 0.717) is 25.7 Å². The first-order valence-corrected chi connectivity index (χ1v) is 34.0. The third-order valence-corrected chi connectivity index (χ3v) is 14.7. The Hall–Kier alpha value is -3.34. The normalized spacial score (nSPS) is 13.8. The number of esters is 3. The van der Waals surface area contributed by atoms with Gasteiger partial charge in [0, 0.05) is 19.3 Å². The van der Waals surface area contributed by atoms with Crippen molar-refractivity contribution in [1.82, 2.24) is 0 Å². The molecule has 0 saturated carbocycles. The number of hydrogen-bond donors (Lipinski definition) is 2. The van der Waals surface area contributed by atoms with Crippen LogP contribution in [-0.2, 0) is 42.2 Å². The fraction of sp³-hybridized carbons (Fsp3) is 0.750. The van der Waals surface area contributed by atoms with E-state index in [4.69, 9.17) is 23.3 Å². The van der Waals surface area contributed by atoms with E-state index in [1.54, 1.807) is 0 Å². The maximum Gasteiger partial charge on any atom is 0.472 e. The van der Waals surface area contributed by atoms with Crippen molar-refractivity contribution in [3.8, 4) is 0 Å². The number of aliphatic hydroxyl groups excluding tert-OH is 1. The molecule has 0 aromatic carbocycles. The van der Waals surface area contributed by atoms with Crippen LogP contribution < -0.4 is 0 Å². The van der Waals surface area contributed by atoms with Gasteiger partial charge in [-0.05, 0) is 109 Å². The Morgan fingerprint density at radius 2 is 0.662 bits per heavy atom. The minimum atomic E-state index is -4.77. The van der Waals surface area contributed by atoms with Crippen LogP contribution in [0.2, 0.25) is 0 Å². The Kier molecular flexibility index (Phi) is 59.1. The van der Waals surface area contributed by atoms with Crippen LogP contribution in [0.3, 0.4) is 0 Å². The van der Waals surface area contributed by atoms with E-state index in [1.165, 1.54) is 148 Å². The second-order valence-corrected chi connectivity index (χ2v) is 23.0. The number of hydrogen-bond acceptors (Lipinski definition) is 10. The Morgan fingerprint density at radius 3 is 1.05 bits per heavy atom. The number of aliphatic hydroxyl groups is 1. The van der Waals surface area contributed by atoms with Crippen LogP contribution >= 0.6 is 7.82 Å². The predicted octanol–water partition coefficient (Wildman–Crippen LogP) is 19.8. The van der Waals surface area contributed by atoms with Crippen LogP contribution in [0.4, 0.5) is 0 Å². The van der Waals surface area contributed by atoms with Crippen molar-refractivity contribution in [2.24, 2.45) is 0 Å². The molecule has 2 N–H and O–H groups in total. The molecule has 80 heavy (non-hydrogen) atoms. The molecular weight excluding hydrogens is 1020 g/mol. The summed E-state index contributed by atoms with van der Waals surface area (Å²) in [5.74, 6) is -1.53. The highest BCUT2D eigenvalue weighted by Crippen LogP contribution is 2.43. The van der Waals surface area contributed by atoms with E-state index in [2.05, 4.69) is 99.8 Å². The Morgan fingerprint density at radius 1 is 0.362 bits per heavy atom. The van der Waals surface area contributed by atoms with Crippen molar-refractivity contribution >= 4 is 25.7 Å². The first-order valence-electron chi connectivity index (χ1n) is 32.5. The van der Waals surface area contributed by atoms with Crippen LogP contribution in [0.15, 0.2) is 85.1 Å². The number of unbranched alkanes of at least 4 members (excludes halogenated alkanes) is 29. The summed E-state index contributed by atoms with van der Waals surface area (Å²) in [5.41, 5.74) is 0. The number of rotatable bonds is 60. The van der Waals surface area contributed by atoms with Gasteiger partial charge in [0.05, 0.1) is 19.8 Å². The van der Waals surface area contributed by atoms with Crippen molar-refractivity contribution < 1.29 is 52.2 Å². The summed E-state index contributed by atoms with van der Waals surface area (Å²) in [5, 5.41) is 9.86. The highest BCUT2D eigenvalue weighted by molar-refractivity contribution is 7.47. The Balaban J connectivity index is 4.76. The summed E-state index contributed by atoms with van der Waals surface area (Å²) in [6.07, 6.45) is 72.5. The number of phosphoric acid groups is 1. The highest BCUT2D eigenvalue weighted by Gasteiger charge is 2.28. The molecule has 0 aromatic rings. The summed E-state index contributed by atoms with van der Waals surface area (Å²) in [4.78, 5) is 48.7. The molecule has 3 atom stereocenters. The van der Waals surface area contributed by atoms with Crippen molar-refractivity contribution in [2.75, 3.05) is 26.4 Å². The average Bonchev–Trinajstić information content (AvgIpc) is 3.45. The van der Waals surface area contributed by atoms with Crippen molar-refractivity contribution in [3.63, 3.8) is 0 Å². The van der Waals surface area contributed by atoms with Gasteiger partial charge in [0.15, 0.2) is 6.10 Å². The average molecular weight is 1140 g/mol. The summed E-state index contributed by atoms with van der Waals surface area (Å²) in [6.45, 7) is 4.49. The zero-order valence-electron chi connectivity index (χ0n) is 51.3. The van der Waals surface area contributed by atoms with Crippen LogP contribution in [0.5, 0.6) is 0 Å². The van der Waals surface area contributed by atoms with E-state index in [-0.39, 0.29) is 25.9 Å². The molecule has 0 amide bonds. The van der Waals surface area contributed by atoms with Gasteiger partial charge < -0.3 is 24.2 Å². The van der Waals surface area contributed by atoms with Crippen LogP contribution in [0, 0.1) is 0 Å². The topological polar surface area (TPSA) is 155 Å². The molecule has 0 bridgehead atoms. The van der Waals surface area contributed by atoms with E-state index in [0.717, 1.165) is 77.0 Å². The molecule has 0 aliphatic rings. The summed E-state index contributed by atoms with van der Waals surface area (Å²) in [7, 11) is -4.77. The van der Waals surface area contributed by atoms with E-state index in [1.807, 2.05) is 6.08 Å². The molecule has 0 fully saturated rings. The standard InChI is InChI=1S/C68H119O11P/c1-4-7-10-13-16-19-22-25-28-31-32-35-38-41-44-47-50-53-56-59-68(72)79-65(61-75-66(70)57-54-51-48-45-42-39-36-33-29-26-23-20-17-14-11-8-5-2)63-77-80(73,74)76-62-64(60-69)78-67(71)58-55-52-49-46-43-40-37-34-30-27-24-21-18-15-12-9-6-3/h8,11,17,20,25-30,36,39,45,48,64-65,69H,4-7,9-10,12-16,18-19,21-24,31-35,37-38,40-44,46-47,49-63H2,1-3H3,(H,73,74)/b11-8-,20-17-,28-25-,29-26-,30-27-,39-36-,48-45-. The van der Waals surface area contributed by atoms with Gasteiger partial charge in [-0.15, -0.1) is 0 Å². The molecule has 3 unspecified atom stereocenters. The minimum absolute atomic E-state index is 0.146. The monoisotopic (exact) mass is 1140 g/mol. The van der Waals surface area contributed by atoms with Crippen molar-refractivity contribution in [3.05, 3.63) is 85.1 Å². The maximum atomic E-state index is 13.0. The molecule has 11 nitrogen and oxygen atoms in total. The molecule has 462 valence electrons. The lowest BCUT2D eigenvalue weighted by molar-refractivity contribution is -0.161. The Bertz CT molecular complexity index is 1670. The molecule has 0 saturated heterocycles. The molecule has 0 aliphatic carbocycles. The van der Waals surface area contributed by atoms with E-state index in [9.17, 15) is 28.9 Å². The van der Waals surface area contributed by atoms with E-state index < -0.39 is 57.8 Å². The van der Waals surface area contributed by atoms with Gasteiger partial charge in [0.1, 0.15) is 12.7 Å². The van der Waals surface area contributed by atoms with E-state index >= 15 is 0 Å². The molecule has 0 aliphatic heterocycles. The molecule has 0 spiro atoms. The zero-order valence-corrected chi connectivity index (χ0v) is 52.2. The lowest BCUT2D eigenvalue weighted by Gasteiger charge is -2.21. The molecule has 0 aromatic heterocycles. The molecule has 0 radical (unpaired) electrons. The SMILES string of the molecule is CC/C=C\C/C=C\C/C=C\C/C=C\C/C=C\CCCC(=O)OCC(COP(=O)(O)OCC(CO)OC(=O)CCCCCCCCC/C=C\CCCCCCCC)OC(=O)CCCCCCCCCCC/C=C\CCCCCCCC. The lowest BCUT2D eigenvalue weighted by Crippen LogP contribution is -2.30. The van der Waals surface area contributed by atoms with Crippen molar-refractivity contribution in [2.45, 2.75) is 303 Å². The largest absolute Gasteiger partial charge is 0.472 e. The number of allylic oxidation sites excluding steroid dienone is 14. The quantitative estimate of drug-likeness (QED) is 0.0197. The van der Waals surface area contributed by atoms with Gasteiger partial charge in [0.25, 0.3) is 0 Å². The fourth-order valence-corrected chi connectivity index (χ4v) is 9.64. The number of carbonyl (C=O) groups excluding carboxylic acids is 3. The second-order valence-electron chi connectivity index (χ2n) is 21.5. The lowest BCUT2D eigenvalue weighted by atomic mass is 10.1. The summed E-state index contributed by atoms with van der Waals surface area (Å²) in [6, 6.07) is 0. The second kappa shape index (κ2) is 61.7. The summed E-state index contributed by atoms with van der Waals surface area (Å²) >= 11 is 0. The molecular formula is C68H119O11P. The minimum Gasteiger partial charge on any atom is -0.462 e. The summed E-state index contributed by atoms with van der Waals surface area (Å²) < 4.78 is 39.6. The van der Waals surface area contributed by atoms with Crippen molar-refractivity contribution in [1.29, 1.82) is 0 Å². The van der Waals surface area contributed by atoms with Crippen LogP contribution in [0.1, 0.15) is 290 Å². The number of carbonyl (C=O) groups is 3. The maximum absolute atomic E-state index is 13.0. The van der Waals surface area contributed by atoms with Gasteiger partial charge in [0.2, 0.25) is 0 Å². The molecule has 0 heterocycles.